The van der Waals surface area contributed by atoms with E-state index in [2.05, 4.69) is 17.0 Å². The van der Waals surface area contributed by atoms with Crippen molar-refractivity contribution in [1.29, 1.82) is 5.26 Å². The van der Waals surface area contributed by atoms with Crippen LogP contribution in [0, 0.1) is 17.1 Å². The normalized spacial score (nSPS) is 17.2. The van der Waals surface area contributed by atoms with Crippen molar-refractivity contribution >= 4 is 19.9 Å². The van der Waals surface area contributed by atoms with Gasteiger partial charge in [0.1, 0.15) is 29.9 Å². The van der Waals surface area contributed by atoms with Crippen molar-refractivity contribution in [2.75, 3.05) is 32.2 Å². The van der Waals surface area contributed by atoms with E-state index in [4.69, 9.17) is 29.0 Å². The molecule has 13 heteroatoms. The molecule has 3 heterocycles. The zero-order valence-corrected chi connectivity index (χ0v) is 31.1. The number of nitrogens with two attached hydrogens (primary N) is 1. The van der Waals surface area contributed by atoms with Crippen molar-refractivity contribution in [2.24, 2.45) is 0 Å². The number of ether oxygens (including phenoxy) is 3. The van der Waals surface area contributed by atoms with Crippen LogP contribution in [-0.4, -0.2) is 58.1 Å². The van der Waals surface area contributed by atoms with E-state index in [1.807, 2.05) is 18.2 Å². The second-order valence-electron chi connectivity index (χ2n) is 13.4. The Morgan fingerprint density at radius 1 is 0.980 bits per heavy atom. The Bertz CT molecular complexity index is 1460. The summed E-state index contributed by atoms with van der Waals surface area (Å²) in [7, 11) is -2.20. The minimum atomic E-state index is -2.20. The number of aromatic nitrogens is 3. The molecule has 282 valence electrons. The van der Waals surface area contributed by atoms with Gasteiger partial charge >= 0.3 is 8.60 Å². The molecule has 1 saturated heterocycles. The summed E-state index contributed by atoms with van der Waals surface area (Å²) in [5.74, 6) is -0.0942. The third-order valence-electron chi connectivity index (χ3n) is 9.21. The van der Waals surface area contributed by atoms with Crippen LogP contribution in [0.15, 0.2) is 36.7 Å². The van der Waals surface area contributed by atoms with Crippen LogP contribution in [0.1, 0.15) is 133 Å². The third-order valence-corrected chi connectivity index (χ3v) is 9.95. The highest BCUT2D eigenvalue weighted by Crippen LogP contribution is 2.38. The van der Waals surface area contributed by atoms with Gasteiger partial charge < -0.3 is 33.9 Å². The van der Waals surface area contributed by atoms with E-state index in [9.17, 15) is 14.5 Å². The zero-order valence-electron chi connectivity index (χ0n) is 30.2. The topological polar surface area (TPSA) is 146 Å². The Labute approximate surface area is 304 Å². The summed E-state index contributed by atoms with van der Waals surface area (Å²) in [4.78, 5) is 14.6. The van der Waals surface area contributed by atoms with Crippen LogP contribution in [0.4, 0.5) is 10.2 Å². The largest absolute Gasteiger partial charge is 0.382 e. The van der Waals surface area contributed by atoms with Crippen molar-refractivity contribution in [3.8, 4) is 6.07 Å². The molecule has 1 aromatic carbocycles. The van der Waals surface area contributed by atoms with Crippen LogP contribution >= 0.6 is 8.60 Å². The van der Waals surface area contributed by atoms with Gasteiger partial charge in [-0.15, -0.1) is 0 Å². The summed E-state index contributed by atoms with van der Waals surface area (Å²) in [5.41, 5.74) is 8.33. The summed E-state index contributed by atoms with van der Waals surface area (Å²) in [5, 5.41) is 13.5. The molecule has 0 radical (unpaired) electrons. The fraction of sp³-hybridized carbons (Fsp3) is 0.658. The highest BCUT2D eigenvalue weighted by molar-refractivity contribution is 7.40. The number of anilines is 1. The second-order valence-corrected chi connectivity index (χ2v) is 14.4. The number of nitrogen functional groups attached to an aromatic ring is 1. The molecule has 4 rings (SSSR count). The first kappa shape index (κ1) is 41.0. The van der Waals surface area contributed by atoms with Crippen LogP contribution in [0.25, 0.3) is 5.52 Å². The van der Waals surface area contributed by atoms with Crippen molar-refractivity contribution in [3.63, 3.8) is 0 Å². The first-order valence-corrected chi connectivity index (χ1v) is 20.0. The molecule has 1 aliphatic rings. The molecule has 1 aliphatic heterocycles. The van der Waals surface area contributed by atoms with E-state index >= 15 is 0 Å². The number of hydrogen-bond acceptors (Lipinski definition) is 10. The maximum atomic E-state index is 14.0. The van der Waals surface area contributed by atoms with E-state index in [-0.39, 0.29) is 44.2 Å². The number of fused-ring (bicyclic) bond motifs is 1. The highest BCUT2D eigenvalue weighted by Gasteiger charge is 2.30. The molecule has 0 saturated carbocycles. The Kier molecular flexibility index (Phi) is 19.1. The monoisotopic (exact) mass is 729 g/mol. The van der Waals surface area contributed by atoms with Crippen LogP contribution < -0.4 is 5.73 Å². The maximum Gasteiger partial charge on any atom is 0.330 e. The van der Waals surface area contributed by atoms with E-state index in [1.165, 1.54) is 95.5 Å². The number of halogens is 1. The van der Waals surface area contributed by atoms with E-state index in [0.29, 0.717) is 18.0 Å². The van der Waals surface area contributed by atoms with Gasteiger partial charge in [-0.1, -0.05) is 90.4 Å². The van der Waals surface area contributed by atoms with Gasteiger partial charge in [0.15, 0.2) is 5.82 Å². The van der Waals surface area contributed by atoms with Gasteiger partial charge in [-0.25, -0.2) is 13.9 Å². The standard InChI is InChI=1S/C38H57FN5O6P/c1-2-3-4-5-6-7-8-9-10-11-12-13-14-15-20-46-26-34(47-25-31-21-30(24-40)22-32(39)23-31)28-49-51(45)48-27-33-16-19-37(50-33)35-17-18-36-38(41)42-29-43-44(35)36/h17-18,21-23,29,33-34,37,45H,2-16,19-20,25-28H2,1H3,(H2,41,42,43). The second kappa shape index (κ2) is 23.7. The van der Waals surface area contributed by atoms with Crippen LogP contribution in [0.3, 0.4) is 0 Å². The van der Waals surface area contributed by atoms with E-state index in [0.717, 1.165) is 36.9 Å². The van der Waals surface area contributed by atoms with Crippen molar-refractivity contribution in [1.82, 2.24) is 14.6 Å². The lowest BCUT2D eigenvalue weighted by atomic mass is 10.0. The quantitative estimate of drug-likeness (QED) is 0.0576. The third kappa shape index (κ3) is 15.0. The van der Waals surface area contributed by atoms with Crippen molar-refractivity contribution < 1.29 is 32.5 Å². The number of nitrogens with zero attached hydrogens (tertiary/aromatic N) is 4. The first-order valence-electron chi connectivity index (χ1n) is 18.8. The van der Waals surface area contributed by atoms with Gasteiger partial charge in [0.05, 0.1) is 49.9 Å². The van der Waals surface area contributed by atoms with Crippen LogP contribution in [0.5, 0.6) is 0 Å². The highest BCUT2D eigenvalue weighted by atomic mass is 31.2. The molecule has 4 atom stereocenters. The number of hydrogen-bond donors (Lipinski definition) is 2. The fourth-order valence-electron chi connectivity index (χ4n) is 6.36. The molecule has 0 aliphatic carbocycles. The molecule has 51 heavy (non-hydrogen) atoms. The predicted molar refractivity (Wildman–Crippen MR) is 196 cm³/mol. The van der Waals surface area contributed by atoms with Gasteiger partial charge in [-0.3, -0.25) is 0 Å². The summed E-state index contributed by atoms with van der Waals surface area (Å²) in [6, 6.07) is 9.88. The van der Waals surface area contributed by atoms with Gasteiger partial charge in [0.2, 0.25) is 0 Å². The van der Waals surface area contributed by atoms with Gasteiger partial charge in [-0.2, -0.15) is 10.4 Å². The Morgan fingerprint density at radius 2 is 1.69 bits per heavy atom. The first-order chi connectivity index (χ1) is 25.0. The lowest BCUT2D eigenvalue weighted by molar-refractivity contribution is -0.0493. The molecule has 1 fully saturated rings. The summed E-state index contributed by atoms with van der Waals surface area (Å²) < 4.78 is 45.1. The summed E-state index contributed by atoms with van der Waals surface area (Å²) in [6.45, 7) is 3.35. The molecule has 0 amide bonds. The zero-order chi connectivity index (χ0) is 36.1. The predicted octanol–water partition coefficient (Wildman–Crippen LogP) is 8.88. The number of rotatable bonds is 27. The molecule has 3 aromatic rings. The number of nitriles is 1. The molecule has 3 N–H and O–H groups in total. The molecular weight excluding hydrogens is 672 g/mol. The van der Waals surface area contributed by atoms with Gasteiger partial charge in [0, 0.05) is 6.61 Å². The number of benzene rings is 1. The van der Waals surface area contributed by atoms with E-state index < -0.39 is 20.5 Å². The summed E-state index contributed by atoms with van der Waals surface area (Å²) in [6.07, 6.45) is 20.1. The molecule has 4 unspecified atom stereocenters. The maximum absolute atomic E-state index is 14.0. The minimum absolute atomic E-state index is 0.0206. The van der Waals surface area contributed by atoms with Crippen molar-refractivity contribution in [3.05, 3.63) is 59.3 Å². The molecule has 0 bridgehead atoms. The lowest BCUT2D eigenvalue weighted by Gasteiger charge is -2.20. The van der Waals surface area contributed by atoms with Gasteiger partial charge in [0.25, 0.3) is 0 Å². The van der Waals surface area contributed by atoms with Crippen LogP contribution in [0.2, 0.25) is 0 Å². The summed E-state index contributed by atoms with van der Waals surface area (Å²) >= 11 is 0. The van der Waals surface area contributed by atoms with E-state index in [1.54, 1.807) is 10.6 Å². The Balaban J connectivity index is 1.12. The molecular formula is C38H57FN5O6P. The lowest BCUT2D eigenvalue weighted by Crippen LogP contribution is -2.25. The minimum Gasteiger partial charge on any atom is -0.382 e. The fourth-order valence-corrected chi connectivity index (χ4v) is 7.03. The Morgan fingerprint density at radius 3 is 2.39 bits per heavy atom. The average molecular weight is 730 g/mol. The SMILES string of the molecule is CCCCCCCCCCCCCCCCOCC(COP(O)OCC1CCC(c2ccc3c(N)ncnn23)O1)OCc1cc(F)cc(C#N)c1. The molecule has 11 nitrogen and oxygen atoms in total. The Hall–Kier alpha value is -2.75. The molecule has 0 spiro atoms. The van der Waals surface area contributed by atoms with Crippen molar-refractivity contribution in [2.45, 2.75) is 135 Å². The average Bonchev–Trinajstić information content (AvgIpc) is 3.79. The van der Waals surface area contributed by atoms with Crippen LogP contribution in [-0.2, 0) is 29.9 Å². The smallest absolute Gasteiger partial charge is 0.330 e. The molecule has 2 aromatic heterocycles. The number of unbranched alkanes of at least 4 members (excludes halogenated alkanes) is 13. The van der Waals surface area contributed by atoms with Gasteiger partial charge in [-0.05, 0) is 55.2 Å².